The van der Waals surface area contributed by atoms with Crippen LogP contribution < -0.4 is 5.32 Å². The molecular formula is C18H17FN2OS. The molecular weight excluding hydrogens is 311 g/mol. The zero-order valence-electron chi connectivity index (χ0n) is 13.0. The Morgan fingerprint density at radius 1 is 1.17 bits per heavy atom. The molecule has 1 saturated heterocycles. The van der Waals surface area contributed by atoms with Gasteiger partial charge in [-0.1, -0.05) is 36.0 Å². The second kappa shape index (κ2) is 6.16. The van der Waals surface area contributed by atoms with E-state index in [4.69, 9.17) is 0 Å². The van der Waals surface area contributed by atoms with Gasteiger partial charge in [0, 0.05) is 0 Å². The van der Waals surface area contributed by atoms with Gasteiger partial charge in [0.25, 0.3) is 0 Å². The third-order valence-electron chi connectivity index (χ3n) is 3.87. The van der Waals surface area contributed by atoms with Gasteiger partial charge in [0.15, 0.2) is 5.17 Å². The molecule has 118 valence electrons. The summed E-state index contributed by atoms with van der Waals surface area (Å²) in [5.41, 5.74) is 2.95. The summed E-state index contributed by atoms with van der Waals surface area (Å²) in [7, 11) is 0. The molecule has 2 aromatic carbocycles. The highest BCUT2D eigenvalue weighted by Crippen LogP contribution is 2.36. The van der Waals surface area contributed by atoms with Crippen LogP contribution in [0.2, 0.25) is 0 Å². The van der Waals surface area contributed by atoms with Gasteiger partial charge in [-0.3, -0.25) is 4.79 Å². The molecule has 2 aromatic rings. The number of aryl methyl sites for hydroxylation is 1. The second-order valence-electron chi connectivity index (χ2n) is 5.78. The molecule has 1 atom stereocenters. The number of nitrogens with one attached hydrogen (secondary N) is 1. The number of carbonyl (C=O) groups excluding carboxylic acids is 1. The average molecular weight is 328 g/mol. The largest absolute Gasteiger partial charge is 0.304 e. The Labute approximate surface area is 139 Å². The van der Waals surface area contributed by atoms with Crippen LogP contribution >= 0.6 is 11.8 Å². The van der Waals surface area contributed by atoms with Crippen molar-refractivity contribution in [3.8, 4) is 0 Å². The predicted molar refractivity (Wildman–Crippen MR) is 92.5 cm³/mol. The molecule has 1 N–H and O–H groups in total. The lowest BCUT2D eigenvalue weighted by atomic mass is 9.96. The van der Waals surface area contributed by atoms with Gasteiger partial charge in [0.1, 0.15) is 10.6 Å². The topological polar surface area (TPSA) is 41.5 Å². The lowest BCUT2D eigenvalue weighted by molar-refractivity contribution is -0.121. The summed E-state index contributed by atoms with van der Waals surface area (Å²) < 4.78 is 12.3. The molecule has 0 aromatic heterocycles. The quantitative estimate of drug-likeness (QED) is 0.926. The fourth-order valence-electron chi connectivity index (χ4n) is 2.49. The number of amidine groups is 1. The molecule has 0 saturated carbocycles. The zero-order chi connectivity index (χ0) is 16.4. The van der Waals surface area contributed by atoms with E-state index in [9.17, 15) is 9.18 Å². The van der Waals surface area contributed by atoms with E-state index in [1.807, 2.05) is 38.1 Å². The van der Waals surface area contributed by atoms with E-state index in [0.717, 1.165) is 5.56 Å². The van der Waals surface area contributed by atoms with Crippen LogP contribution in [0.1, 0.15) is 18.1 Å². The Hall–Kier alpha value is -2.14. The number of hydrogen-bond donors (Lipinski definition) is 1. The minimum Gasteiger partial charge on any atom is -0.304 e. The molecule has 5 heteroatoms. The third kappa shape index (κ3) is 3.45. The SMILES string of the molecule is Cc1ccccc1CC1(C)SC(=Nc2ccc(F)cc2)NC1=O. The summed E-state index contributed by atoms with van der Waals surface area (Å²) in [6, 6.07) is 14.0. The fraction of sp³-hybridized carbons (Fsp3) is 0.222. The summed E-state index contributed by atoms with van der Waals surface area (Å²) in [4.78, 5) is 16.8. The minimum absolute atomic E-state index is 0.0494. The first-order chi connectivity index (χ1) is 11.0. The Morgan fingerprint density at radius 3 is 2.57 bits per heavy atom. The van der Waals surface area contributed by atoms with E-state index < -0.39 is 4.75 Å². The van der Waals surface area contributed by atoms with Crippen LogP contribution in [0.5, 0.6) is 0 Å². The maximum atomic E-state index is 12.9. The Balaban J connectivity index is 1.81. The van der Waals surface area contributed by atoms with Crippen molar-refractivity contribution in [2.75, 3.05) is 0 Å². The van der Waals surface area contributed by atoms with Gasteiger partial charge in [-0.2, -0.15) is 0 Å². The summed E-state index contributed by atoms with van der Waals surface area (Å²) in [5, 5.41) is 3.38. The molecule has 3 rings (SSSR count). The van der Waals surface area contributed by atoms with Gasteiger partial charge in [-0.25, -0.2) is 9.38 Å². The first kappa shape index (κ1) is 15.7. The van der Waals surface area contributed by atoms with Crippen molar-refractivity contribution < 1.29 is 9.18 Å². The number of hydrogen-bond acceptors (Lipinski definition) is 3. The second-order valence-corrected chi connectivity index (χ2v) is 7.28. The highest BCUT2D eigenvalue weighted by Gasteiger charge is 2.42. The number of benzene rings is 2. The summed E-state index contributed by atoms with van der Waals surface area (Å²) in [6.45, 7) is 3.97. The van der Waals surface area contributed by atoms with E-state index >= 15 is 0 Å². The smallest absolute Gasteiger partial charge is 0.242 e. The van der Waals surface area contributed by atoms with E-state index in [1.165, 1.54) is 29.5 Å². The normalized spacial score (nSPS) is 22.4. The Bertz CT molecular complexity index is 773. The summed E-state index contributed by atoms with van der Waals surface area (Å²) >= 11 is 1.42. The van der Waals surface area contributed by atoms with Crippen LogP contribution in [0.3, 0.4) is 0 Å². The van der Waals surface area contributed by atoms with E-state index in [-0.39, 0.29) is 11.7 Å². The standard InChI is InChI=1S/C18H17FN2OS/c1-12-5-3-4-6-13(12)11-18(2)16(22)21-17(23-18)20-15-9-7-14(19)8-10-15/h3-10H,11H2,1-2H3,(H,20,21,22). The summed E-state index contributed by atoms with van der Waals surface area (Å²) in [6.07, 6.45) is 0.638. The fourth-order valence-corrected chi connectivity index (χ4v) is 3.58. The number of rotatable bonds is 3. The van der Waals surface area contributed by atoms with E-state index in [1.54, 1.807) is 12.1 Å². The molecule has 1 fully saturated rings. The average Bonchev–Trinajstić information content (AvgIpc) is 2.78. The van der Waals surface area contributed by atoms with Crippen molar-refractivity contribution in [1.82, 2.24) is 5.32 Å². The number of nitrogens with zero attached hydrogens (tertiary/aromatic N) is 1. The van der Waals surface area contributed by atoms with Crippen molar-refractivity contribution in [2.45, 2.75) is 25.0 Å². The molecule has 3 nitrogen and oxygen atoms in total. The van der Waals surface area contributed by atoms with Crippen molar-refractivity contribution in [3.63, 3.8) is 0 Å². The molecule has 1 heterocycles. The Kier molecular flexibility index (Phi) is 4.22. The van der Waals surface area contributed by atoms with Crippen LogP contribution in [0, 0.1) is 12.7 Å². The van der Waals surface area contributed by atoms with Crippen molar-refractivity contribution in [3.05, 3.63) is 65.5 Å². The molecule has 1 aliphatic rings. The molecule has 23 heavy (non-hydrogen) atoms. The first-order valence-corrected chi connectivity index (χ1v) is 8.17. The molecule has 1 aliphatic heterocycles. The molecule has 1 unspecified atom stereocenters. The number of carbonyl (C=O) groups is 1. The zero-order valence-corrected chi connectivity index (χ0v) is 13.8. The van der Waals surface area contributed by atoms with Crippen molar-refractivity contribution in [1.29, 1.82) is 0 Å². The first-order valence-electron chi connectivity index (χ1n) is 7.35. The minimum atomic E-state index is -0.592. The van der Waals surface area contributed by atoms with Gasteiger partial charge >= 0.3 is 0 Å². The molecule has 0 spiro atoms. The van der Waals surface area contributed by atoms with Gasteiger partial charge < -0.3 is 5.32 Å². The highest BCUT2D eigenvalue weighted by atomic mass is 32.2. The predicted octanol–water partition coefficient (Wildman–Crippen LogP) is 3.99. The van der Waals surface area contributed by atoms with Crippen molar-refractivity contribution in [2.24, 2.45) is 4.99 Å². The number of thioether (sulfide) groups is 1. The maximum Gasteiger partial charge on any atom is 0.242 e. The van der Waals surface area contributed by atoms with Gasteiger partial charge in [0.2, 0.25) is 5.91 Å². The Morgan fingerprint density at radius 2 is 1.87 bits per heavy atom. The van der Waals surface area contributed by atoms with Crippen LogP contribution in [-0.4, -0.2) is 15.8 Å². The van der Waals surface area contributed by atoms with Crippen LogP contribution in [0.4, 0.5) is 10.1 Å². The van der Waals surface area contributed by atoms with Gasteiger partial charge in [0.05, 0.1) is 5.69 Å². The number of halogens is 1. The van der Waals surface area contributed by atoms with Gasteiger partial charge in [-0.15, -0.1) is 0 Å². The molecule has 0 aliphatic carbocycles. The molecule has 0 bridgehead atoms. The third-order valence-corrected chi connectivity index (χ3v) is 5.04. The highest BCUT2D eigenvalue weighted by molar-refractivity contribution is 8.16. The lowest BCUT2D eigenvalue weighted by Gasteiger charge is -2.19. The molecule has 1 amide bonds. The van der Waals surface area contributed by atoms with Crippen LogP contribution in [0.25, 0.3) is 0 Å². The maximum absolute atomic E-state index is 12.9. The van der Waals surface area contributed by atoms with Crippen LogP contribution in [0.15, 0.2) is 53.5 Å². The van der Waals surface area contributed by atoms with Crippen LogP contribution in [-0.2, 0) is 11.2 Å². The van der Waals surface area contributed by atoms with E-state index in [0.29, 0.717) is 17.3 Å². The van der Waals surface area contributed by atoms with E-state index in [2.05, 4.69) is 10.3 Å². The lowest BCUT2D eigenvalue weighted by Crippen LogP contribution is -2.35. The van der Waals surface area contributed by atoms with Crippen molar-refractivity contribution >= 4 is 28.5 Å². The summed E-state index contributed by atoms with van der Waals surface area (Å²) in [5.74, 6) is -0.354. The van der Waals surface area contributed by atoms with Gasteiger partial charge in [-0.05, 0) is 55.7 Å². The number of aliphatic imine (C=N–C) groups is 1. The monoisotopic (exact) mass is 328 g/mol. The molecule has 0 radical (unpaired) electrons. The number of amides is 1.